The van der Waals surface area contributed by atoms with E-state index in [1.165, 1.54) is 6.42 Å². The van der Waals surface area contributed by atoms with Gasteiger partial charge in [0.1, 0.15) is 11.8 Å². The maximum absolute atomic E-state index is 13.1. The van der Waals surface area contributed by atoms with Crippen molar-refractivity contribution in [3.63, 3.8) is 0 Å². The number of para-hydroxylation sites is 1. The summed E-state index contributed by atoms with van der Waals surface area (Å²) < 4.78 is 5.34. The Morgan fingerprint density at radius 1 is 1.09 bits per heavy atom. The topological polar surface area (TPSA) is 73.6 Å². The Balaban J connectivity index is 1.50. The second kappa shape index (κ2) is 9.90. The Morgan fingerprint density at radius 3 is 2.47 bits per heavy atom. The maximum atomic E-state index is 13.1. The predicted molar refractivity (Wildman–Crippen MR) is 122 cm³/mol. The van der Waals surface area contributed by atoms with Gasteiger partial charge in [-0.2, -0.15) is 5.26 Å². The lowest BCUT2D eigenvalue weighted by atomic mass is 9.74. The van der Waals surface area contributed by atoms with Crippen molar-refractivity contribution in [2.24, 2.45) is 5.92 Å². The second-order valence-corrected chi connectivity index (χ2v) is 8.50. The number of hydrogen-bond acceptors (Lipinski definition) is 4. The molecule has 1 saturated carbocycles. The number of carbonyl (C=O) groups is 1. The van der Waals surface area contributed by atoms with Crippen LogP contribution < -0.4 is 4.74 Å². The Bertz CT molecular complexity index is 1050. The summed E-state index contributed by atoms with van der Waals surface area (Å²) in [5.74, 6) is 6.85. The van der Waals surface area contributed by atoms with Crippen LogP contribution in [0.3, 0.4) is 0 Å². The van der Waals surface area contributed by atoms with E-state index >= 15 is 0 Å². The molecule has 1 saturated heterocycles. The molecule has 1 amide bonds. The zero-order valence-corrected chi connectivity index (χ0v) is 18.3. The van der Waals surface area contributed by atoms with E-state index in [1.54, 1.807) is 12.0 Å². The summed E-state index contributed by atoms with van der Waals surface area (Å²) in [6.07, 6.45) is 5.06. The highest BCUT2D eigenvalue weighted by Crippen LogP contribution is 2.42. The highest BCUT2D eigenvalue weighted by molar-refractivity contribution is 5.81. The van der Waals surface area contributed by atoms with Crippen LogP contribution in [-0.2, 0) is 4.79 Å². The fraction of sp³-hybridized carbons (Fsp3) is 0.407. The molecule has 5 heteroatoms. The minimum atomic E-state index is -0.535. The van der Waals surface area contributed by atoms with Crippen molar-refractivity contribution in [3.8, 4) is 23.7 Å². The first-order valence-corrected chi connectivity index (χ1v) is 11.3. The summed E-state index contributed by atoms with van der Waals surface area (Å²) in [6.45, 7) is -0.142. The quantitative estimate of drug-likeness (QED) is 0.751. The summed E-state index contributed by atoms with van der Waals surface area (Å²) in [4.78, 5) is 14.7. The number of aliphatic hydroxyl groups excluding tert-OH is 1. The molecule has 32 heavy (non-hydrogen) atoms. The SMILES string of the molecule is COc1ccccc1C#Cc1ccc([C@H]2[C@@H](C#N)N(C(=O)C3CCCCC3)[C@@H]2CO)cc1. The minimum absolute atomic E-state index is 0.0118. The van der Waals surface area contributed by atoms with Crippen LogP contribution in [0.25, 0.3) is 0 Å². The molecule has 2 aliphatic rings. The number of methoxy groups -OCH3 is 1. The van der Waals surface area contributed by atoms with Gasteiger partial charge in [0, 0.05) is 17.4 Å². The van der Waals surface area contributed by atoms with Gasteiger partial charge in [0.05, 0.1) is 31.4 Å². The van der Waals surface area contributed by atoms with E-state index in [9.17, 15) is 15.2 Å². The molecule has 1 heterocycles. The molecule has 1 N–H and O–H groups in total. The van der Waals surface area contributed by atoms with Crippen molar-refractivity contribution < 1.29 is 14.6 Å². The average molecular weight is 429 g/mol. The van der Waals surface area contributed by atoms with Crippen molar-refractivity contribution >= 4 is 5.91 Å². The van der Waals surface area contributed by atoms with E-state index in [-0.39, 0.29) is 30.4 Å². The molecule has 0 radical (unpaired) electrons. The van der Waals surface area contributed by atoms with Crippen molar-refractivity contribution in [2.75, 3.05) is 13.7 Å². The first-order valence-electron chi connectivity index (χ1n) is 11.3. The zero-order chi connectivity index (χ0) is 22.5. The predicted octanol–water partition coefficient (Wildman–Crippen LogP) is 3.85. The first kappa shape index (κ1) is 21.9. The Hall–Kier alpha value is -3.28. The summed E-state index contributed by atoms with van der Waals surface area (Å²) in [5, 5.41) is 19.8. The highest BCUT2D eigenvalue weighted by Gasteiger charge is 2.52. The number of rotatable bonds is 4. The number of likely N-dealkylation sites (tertiary alicyclic amines) is 1. The molecular weight excluding hydrogens is 400 g/mol. The minimum Gasteiger partial charge on any atom is -0.495 e. The molecule has 3 atom stereocenters. The van der Waals surface area contributed by atoms with Gasteiger partial charge in [-0.25, -0.2) is 0 Å². The zero-order valence-electron chi connectivity index (χ0n) is 18.3. The third-order valence-corrected chi connectivity index (χ3v) is 6.68. The van der Waals surface area contributed by atoms with Crippen LogP contribution in [-0.4, -0.2) is 41.7 Å². The highest BCUT2D eigenvalue weighted by atomic mass is 16.5. The van der Waals surface area contributed by atoms with Gasteiger partial charge in [-0.15, -0.1) is 0 Å². The number of aliphatic hydroxyl groups is 1. The van der Waals surface area contributed by atoms with Crippen LogP contribution in [0.1, 0.15) is 54.7 Å². The fourth-order valence-electron chi connectivity index (χ4n) is 4.95. The monoisotopic (exact) mass is 428 g/mol. The van der Waals surface area contributed by atoms with Crippen LogP contribution in [0.15, 0.2) is 48.5 Å². The van der Waals surface area contributed by atoms with Gasteiger partial charge in [-0.05, 0) is 42.7 Å². The molecule has 2 aromatic rings. The molecule has 164 valence electrons. The van der Waals surface area contributed by atoms with Crippen LogP contribution in [0, 0.1) is 29.1 Å². The molecule has 5 nitrogen and oxygen atoms in total. The molecule has 0 aromatic heterocycles. The molecule has 1 aliphatic heterocycles. The van der Waals surface area contributed by atoms with Crippen LogP contribution >= 0.6 is 0 Å². The summed E-state index contributed by atoms with van der Waals surface area (Å²) in [5.41, 5.74) is 2.62. The second-order valence-electron chi connectivity index (χ2n) is 8.50. The molecule has 4 rings (SSSR count). The number of hydrogen-bond donors (Lipinski definition) is 1. The van der Waals surface area contributed by atoms with Gasteiger partial charge in [-0.1, -0.05) is 55.4 Å². The number of amides is 1. The van der Waals surface area contributed by atoms with Gasteiger partial charge in [0.2, 0.25) is 5.91 Å². The van der Waals surface area contributed by atoms with Gasteiger partial charge < -0.3 is 14.7 Å². The molecule has 2 aromatic carbocycles. The summed E-state index contributed by atoms with van der Waals surface area (Å²) in [6, 6.07) is 16.8. The third kappa shape index (κ3) is 4.22. The van der Waals surface area contributed by atoms with Gasteiger partial charge >= 0.3 is 0 Å². The number of benzene rings is 2. The van der Waals surface area contributed by atoms with Crippen LogP contribution in [0.4, 0.5) is 0 Å². The molecule has 1 aliphatic carbocycles. The molecule has 0 unspecified atom stereocenters. The van der Waals surface area contributed by atoms with Gasteiger partial charge in [0.15, 0.2) is 0 Å². The Kier molecular flexibility index (Phi) is 6.78. The van der Waals surface area contributed by atoms with Crippen LogP contribution in [0.2, 0.25) is 0 Å². The van der Waals surface area contributed by atoms with Gasteiger partial charge in [0.25, 0.3) is 0 Å². The van der Waals surface area contributed by atoms with Crippen molar-refractivity contribution in [1.29, 1.82) is 5.26 Å². The molecule has 2 fully saturated rings. The number of nitrogens with zero attached hydrogens (tertiary/aromatic N) is 2. The van der Waals surface area contributed by atoms with Crippen molar-refractivity contribution in [1.82, 2.24) is 4.90 Å². The van der Waals surface area contributed by atoms with Gasteiger partial charge in [-0.3, -0.25) is 4.79 Å². The summed E-state index contributed by atoms with van der Waals surface area (Å²) >= 11 is 0. The summed E-state index contributed by atoms with van der Waals surface area (Å²) in [7, 11) is 1.62. The third-order valence-electron chi connectivity index (χ3n) is 6.68. The van der Waals surface area contributed by atoms with E-state index in [0.29, 0.717) is 0 Å². The Morgan fingerprint density at radius 2 is 1.81 bits per heavy atom. The molecule has 0 bridgehead atoms. The van der Waals surface area contributed by atoms with E-state index in [0.717, 1.165) is 48.1 Å². The lowest BCUT2D eigenvalue weighted by Gasteiger charge is -2.52. The van der Waals surface area contributed by atoms with Crippen LogP contribution in [0.5, 0.6) is 5.75 Å². The number of ether oxygens (including phenoxy) is 1. The largest absolute Gasteiger partial charge is 0.495 e. The van der Waals surface area contributed by atoms with Crippen molar-refractivity contribution in [2.45, 2.75) is 50.1 Å². The molecular formula is C27H28N2O3. The van der Waals surface area contributed by atoms with E-state index in [1.807, 2.05) is 48.5 Å². The normalized spacial score (nSPS) is 22.8. The fourth-order valence-corrected chi connectivity index (χ4v) is 4.95. The van der Waals surface area contributed by atoms with E-state index < -0.39 is 6.04 Å². The lowest BCUT2D eigenvalue weighted by Crippen LogP contribution is -2.66. The van der Waals surface area contributed by atoms with Crippen molar-refractivity contribution in [3.05, 3.63) is 65.2 Å². The number of carbonyl (C=O) groups excluding carboxylic acids is 1. The van der Waals surface area contributed by atoms with E-state index in [2.05, 4.69) is 17.9 Å². The molecule has 0 spiro atoms. The maximum Gasteiger partial charge on any atom is 0.227 e. The standard InChI is InChI=1S/C27H28N2O3/c1-32-25-10-6-5-7-20(25)14-11-19-12-15-21(16-13-19)26-23(17-28)29(24(26)18-30)27(31)22-8-3-2-4-9-22/h5-7,10,12-13,15-16,22-24,26,30H,2-4,8-9,18H2,1H3/t23-,24-,26+/m1/s1. The Labute approximate surface area is 189 Å². The average Bonchev–Trinajstić information content (AvgIpc) is 2.84. The smallest absolute Gasteiger partial charge is 0.227 e. The lowest BCUT2D eigenvalue weighted by molar-refractivity contribution is -0.152. The van der Waals surface area contributed by atoms with E-state index in [4.69, 9.17) is 4.74 Å². The first-order chi connectivity index (χ1) is 15.7. The number of nitriles is 1.